The number of ketones is 1. The average Bonchev–Trinajstić information content (AvgIpc) is 2.52. The van der Waals surface area contributed by atoms with Gasteiger partial charge in [0.15, 0.2) is 10.6 Å². The van der Waals surface area contributed by atoms with Crippen molar-refractivity contribution in [2.75, 3.05) is 11.1 Å². The van der Waals surface area contributed by atoms with E-state index in [1.165, 1.54) is 0 Å². The Hall–Kier alpha value is -2.54. The van der Waals surface area contributed by atoms with Gasteiger partial charge in [0.05, 0.1) is 0 Å². The summed E-state index contributed by atoms with van der Waals surface area (Å²) in [6.07, 6.45) is 4.75. The van der Waals surface area contributed by atoms with Gasteiger partial charge in [-0.15, -0.1) is 0 Å². The lowest BCUT2D eigenvalue weighted by Crippen LogP contribution is -2.34. The summed E-state index contributed by atoms with van der Waals surface area (Å²) in [5, 5.41) is 3.33. The van der Waals surface area contributed by atoms with Crippen LogP contribution in [0.3, 0.4) is 0 Å². The van der Waals surface area contributed by atoms with E-state index in [2.05, 4.69) is 34.1 Å². The van der Waals surface area contributed by atoms with Gasteiger partial charge >= 0.3 is 0 Å². The van der Waals surface area contributed by atoms with Crippen molar-refractivity contribution in [3.63, 3.8) is 0 Å². The van der Waals surface area contributed by atoms with E-state index >= 15 is 0 Å². The second-order valence-electron chi connectivity index (χ2n) is 7.39. The number of hydrogen-bond acceptors (Lipinski definition) is 6. The van der Waals surface area contributed by atoms with Gasteiger partial charge in [0.2, 0.25) is 0 Å². The topological polar surface area (TPSA) is 96.7 Å². The number of Topliss-reactive ketones (excluding diaryl/α,β-unsaturated/α-hetero) is 1. The summed E-state index contributed by atoms with van der Waals surface area (Å²) >= 11 is 5.18. The summed E-state index contributed by atoms with van der Waals surface area (Å²) in [5.41, 5.74) is 9.58. The Bertz CT molecular complexity index is 961. The highest BCUT2D eigenvalue weighted by Crippen LogP contribution is 2.49. The number of aromatic nitrogens is 3. The fourth-order valence-corrected chi connectivity index (χ4v) is 4.05. The third-order valence-corrected chi connectivity index (χ3v) is 5.00. The van der Waals surface area contributed by atoms with Crippen LogP contribution >= 0.6 is 12.2 Å². The summed E-state index contributed by atoms with van der Waals surface area (Å²) in [6, 6.07) is 3.83. The molecule has 4 N–H and O–H groups in total. The van der Waals surface area contributed by atoms with Crippen molar-refractivity contribution < 1.29 is 4.79 Å². The summed E-state index contributed by atoms with van der Waals surface area (Å²) in [6.45, 7) is 4.21. The number of nitrogens with two attached hydrogens (primary N) is 1. The molecule has 1 aliphatic carbocycles. The molecular formula is C18H19N5OS. The first-order valence-corrected chi connectivity index (χ1v) is 8.59. The van der Waals surface area contributed by atoms with E-state index in [0.717, 1.165) is 28.8 Å². The summed E-state index contributed by atoms with van der Waals surface area (Å²) in [5.74, 6) is 0.950. The van der Waals surface area contributed by atoms with Crippen LogP contribution in [-0.4, -0.2) is 20.7 Å². The molecule has 128 valence electrons. The first kappa shape index (κ1) is 16.0. The zero-order valence-corrected chi connectivity index (χ0v) is 14.9. The van der Waals surface area contributed by atoms with E-state index in [4.69, 9.17) is 18.0 Å². The lowest BCUT2D eigenvalue weighted by molar-refractivity contribution is -0.118. The van der Waals surface area contributed by atoms with Crippen LogP contribution < -0.4 is 11.1 Å². The molecule has 4 rings (SSSR count). The third kappa shape index (κ3) is 2.64. The predicted octanol–water partition coefficient (Wildman–Crippen LogP) is 3.32. The van der Waals surface area contributed by atoms with Crippen LogP contribution in [0.4, 0.5) is 11.6 Å². The summed E-state index contributed by atoms with van der Waals surface area (Å²) < 4.78 is 0.322. The molecule has 2 aromatic heterocycles. The highest BCUT2D eigenvalue weighted by atomic mass is 32.1. The molecule has 25 heavy (non-hydrogen) atoms. The predicted molar refractivity (Wildman–Crippen MR) is 98.6 cm³/mol. The molecule has 0 unspecified atom stereocenters. The molecule has 0 fully saturated rings. The van der Waals surface area contributed by atoms with Gasteiger partial charge in [0, 0.05) is 41.6 Å². The number of aromatic amines is 1. The SMILES string of the molecule is CC1(C)CC(=O)C2=C(C1)Nc1nc(=S)[nH]c(N)c1[C@H]2c1ccncc1. The maximum absolute atomic E-state index is 13.0. The van der Waals surface area contributed by atoms with Crippen LogP contribution in [0.5, 0.6) is 0 Å². The molecule has 0 bridgehead atoms. The molecule has 0 amide bonds. The first-order valence-electron chi connectivity index (χ1n) is 8.18. The van der Waals surface area contributed by atoms with Crippen molar-refractivity contribution in [1.82, 2.24) is 15.0 Å². The smallest absolute Gasteiger partial charge is 0.200 e. The number of hydrogen-bond donors (Lipinski definition) is 3. The van der Waals surface area contributed by atoms with Crippen LogP contribution in [0.15, 0.2) is 35.8 Å². The molecule has 1 aliphatic heterocycles. The van der Waals surface area contributed by atoms with Gasteiger partial charge < -0.3 is 16.0 Å². The van der Waals surface area contributed by atoms with Gasteiger partial charge in [-0.2, -0.15) is 0 Å². The zero-order chi connectivity index (χ0) is 17.8. The van der Waals surface area contributed by atoms with Crippen molar-refractivity contribution in [3.05, 3.63) is 51.7 Å². The van der Waals surface area contributed by atoms with E-state index in [0.29, 0.717) is 22.8 Å². The summed E-state index contributed by atoms with van der Waals surface area (Å²) in [4.78, 5) is 24.4. The number of pyridine rings is 1. The maximum atomic E-state index is 13.0. The quantitative estimate of drug-likeness (QED) is 0.681. The lowest BCUT2D eigenvalue weighted by Gasteiger charge is -2.39. The number of fused-ring (bicyclic) bond motifs is 1. The molecular weight excluding hydrogens is 334 g/mol. The van der Waals surface area contributed by atoms with Crippen molar-refractivity contribution in [2.45, 2.75) is 32.6 Å². The van der Waals surface area contributed by atoms with Gasteiger partial charge in [-0.1, -0.05) is 13.8 Å². The van der Waals surface area contributed by atoms with E-state index in [9.17, 15) is 4.79 Å². The third-order valence-electron chi connectivity index (χ3n) is 4.81. The largest absolute Gasteiger partial charge is 0.385 e. The molecule has 0 spiro atoms. The number of H-pyrrole nitrogens is 1. The molecule has 0 saturated heterocycles. The number of allylic oxidation sites excluding steroid dienone is 2. The minimum Gasteiger partial charge on any atom is -0.385 e. The molecule has 0 saturated carbocycles. The number of carbonyl (C=O) groups excluding carboxylic acids is 1. The van der Waals surface area contributed by atoms with E-state index in [1.54, 1.807) is 12.4 Å². The van der Waals surface area contributed by atoms with Crippen molar-refractivity contribution >= 4 is 29.6 Å². The molecule has 3 heterocycles. The monoisotopic (exact) mass is 353 g/mol. The van der Waals surface area contributed by atoms with E-state index in [1.807, 2.05) is 12.1 Å². The number of carbonyl (C=O) groups is 1. The molecule has 1 atom stereocenters. The number of rotatable bonds is 1. The fraction of sp³-hybridized carbons (Fsp3) is 0.333. The van der Waals surface area contributed by atoms with Crippen LogP contribution in [0.2, 0.25) is 0 Å². The van der Waals surface area contributed by atoms with Crippen LogP contribution in [0.1, 0.15) is 43.7 Å². The Kier molecular flexibility index (Phi) is 3.50. The normalized spacial score (nSPS) is 21.4. The molecule has 2 aliphatic rings. The molecule has 0 aromatic carbocycles. The fourth-order valence-electron chi connectivity index (χ4n) is 3.85. The summed E-state index contributed by atoms with van der Waals surface area (Å²) in [7, 11) is 0. The van der Waals surface area contributed by atoms with Gasteiger partial charge in [0.1, 0.15) is 11.6 Å². The molecule has 6 nitrogen and oxygen atoms in total. The Labute approximate surface area is 150 Å². The molecule has 7 heteroatoms. The number of nitrogens with one attached hydrogen (secondary N) is 2. The Morgan fingerprint density at radius 2 is 2.00 bits per heavy atom. The van der Waals surface area contributed by atoms with Crippen molar-refractivity contribution in [2.24, 2.45) is 5.41 Å². The zero-order valence-electron chi connectivity index (χ0n) is 14.1. The van der Waals surface area contributed by atoms with Gasteiger partial charge in [-0.25, -0.2) is 4.98 Å². The van der Waals surface area contributed by atoms with E-state index < -0.39 is 0 Å². The van der Waals surface area contributed by atoms with Crippen molar-refractivity contribution in [3.8, 4) is 0 Å². The minimum atomic E-state index is -0.266. The Morgan fingerprint density at radius 1 is 1.28 bits per heavy atom. The number of nitrogen functional groups attached to an aromatic ring is 1. The average molecular weight is 353 g/mol. The van der Waals surface area contributed by atoms with Crippen LogP contribution in [-0.2, 0) is 4.79 Å². The number of nitrogens with zero attached hydrogens (tertiary/aromatic N) is 2. The van der Waals surface area contributed by atoms with Crippen molar-refractivity contribution in [1.29, 1.82) is 0 Å². The van der Waals surface area contributed by atoms with Gasteiger partial charge in [0.25, 0.3) is 0 Å². The second-order valence-corrected chi connectivity index (χ2v) is 7.78. The first-order chi connectivity index (χ1) is 11.9. The van der Waals surface area contributed by atoms with Crippen LogP contribution in [0, 0.1) is 10.2 Å². The van der Waals surface area contributed by atoms with Gasteiger partial charge in [-0.3, -0.25) is 9.78 Å². The van der Waals surface area contributed by atoms with Crippen LogP contribution in [0.25, 0.3) is 0 Å². The molecule has 2 aromatic rings. The standard InChI is InChI=1S/C18H19N5OS/c1-18(2)7-10-13(11(24)8-18)12(9-3-5-20-6-4-9)14-15(19)22-17(25)23-16(14)21-10/h3-6,12H,7-8H2,1-2H3,(H4,19,21,22,23,25)/t12-/m0/s1. The van der Waals surface area contributed by atoms with Gasteiger partial charge in [-0.05, 0) is 41.7 Å². The van der Waals surface area contributed by atoms with E-state index in [-0.39, 0.29) is 17.1 Å². The lowest BCUT2D eigenvalue weighted by atomic mass is 9.69. The minimum absolute atomic E-state index is 0.0908. The number of anilines is 2. The molecule has 0 radical (unpaired) electrons. The second kappa shape index (κ2) is 5.49. The highest BCUT2D eigenvalue weighted by molar-refractivity contribution is 7.71. The Morgan fingerprint density at radius 3 is 2.72 bits per heavy atom. The maximum Gasteiger partial charge on any atom is 0.200 e. The Balaban J connectivity index is 1.99. The highest BCUT2D eigenvalue weighted by Gasteiger charge is 2.41.